The largest absolute Gasteiger partial charge is 0.478 e. The van der Waals surface area contributed by atoms with Crippen LogP contribution < -0.4 is 0 Å². The van der Waals surface area contributed by atoms with Crippen LogP contribution in [0.4, 0.5) is 0 Å². The lowest BCUT2D eigenvalue weighted by atomic mass is 9.90. The second kappa shape index (κ2) is 4.47. The zero-order chi connectivity index (χ0) is 12.6. The van der Waals surface area contributed by atoms with E-state index >= 15 is 0 Å². The third-order valence-corrected chi connectivity index (χ3v) is 3.54. The van der Waals surface area contributed by atoms with Crippen molar-refractivity contribution in [1.29, 1.82) is 0 Å². The number of aliphatic hydroxyl groups excluding tert-OH is 2. The van der Waals surface area contributed by atoms with Crippen molar-refractivity contribution in [3.05, 3.63) is 34.9 Å². The molecular formula is C13H16O4. The number of rotatable bonds is 2. The molecule has 0 aromatic heterocycles. The molecule has 2 rings (SSSR count). The average molecular weight is 236 g/mol. The minimum atomic E-state index is -0.941. The minimum Gasteiger partial charge on any atom is -0.478 e. The molecule has 0 heterocycles. The molecule has 4 heteroatoms. The van der Waals surface area contributed by atoms with Gasteiger partial charge in [-0.1, -0.05) is 12.1 Å². The lowest BCUT2D eigenvalue weighted by Gasteiger charge is -2.14. The first kappa shape index (κ1) is 12.1. The third kappa shape index (κ3) is 2.18. The number of carbonyl (C=O) groups is 1. The molecule has 0 bridgehead atoms. The topological polar surface area (TPSA) is 77.8 Å². The molecule has 1 unspecified atom stereocenters. The van der Waals surface area contributed by atoms with E-state index in [-0.39, 0.29) is 5.92 Å². The van der Waals surface area contributed by atoms with Crippen LogP contribution >= 0.6 is 0 Å². The lowest BCUT2D eigenvalue weighted by molar-refractivity contribution is 0.0438. The van der Waals surface area contributed by atoms with Crippen LogP contribution in [0.1, 0.15) is 40.2 Å². The molecule has 1 aromatic rings. The fourth-order valence-electron chi connectivity index (χ4n) is 2.57. The van der Waals surface area contributed by atoms with E-state index in [1.165, 1.54) is 0 Å². The highest BCUT2D eigenvalue weighted by atomic mass is 16.4. The standard InChI is InChI=1S/C13H16O4/c1-7-9(3-2-4-10(7)13(16)17)8-5-11(14)12(15)6-8/h2-4,8,11-12,14-15H,5-6H2,1H3,(H,16,17)/t8?,11-,12+. The second-order valence-corrected chi connectivity index (χ2v) is 4.63. The van der Waals surface area contributed by atoms with Crippen LogP contribution in [0.5, 0.6) is 0 Å². The van der Waals surface area contributed by atoms with Gasteiger partial charge in [-0.15, -0.1) is 0 Å². The van der Waals surface area contributed by atoms with E-state index in [2.05, 4.69) is 0 Å². The Morgan fingerprint density at radius 1 is 1.24 bits per heavy atom. The van der Waals surface area contributed by atoms with Crippen LogP contribution in [0.15, 0.2) is 18.2 Å². The van der Waals surface area contributed by atoms with Gasteiger partial charge in [0.05, 0.1) is 17.8 Å². The Bertz CT molecular complexity index is 431. The summed E-state index contributed by atoms with van der Waals surface area (Å²) in [4.78, 5) is 11.0. The van der Waals surface area contributed by atoms with E-state index in [0.717, 1.165) is 11.1 Å². The predicted molar refractivity (Wildman–Crippen MR) is 62.1 cm³/mol. The van der Waals surface area contributed by atoms with Gasteiger partial charge in [-0.3, -0.25) is 0 Å². The van der Waals surface area contributed by atoms with Crippen LogP contribution in [-0.2, 0) is 0 Å². The quantitative estimate of drug-likeness (QED) is 0.723. The van der Waals surface area contributed by atoms with Crippen molar-refractivity contribution in [3.8, 4) is 0 Å². The summed E-state index contributed by atoms with van der Waals surface area (Å²) in [5.74, 6) is -0.900. The summed E-state index contributed by atoms with van der Waals surface area (Å²) in [6.07, 6.45) is -0.420. The van der Waals surface area contributed by atoms with Gasteiger partial charge < -0.3 is 15.3 Å². The molecule has 3 N–H and O–H groups in total. The summed E-state index contributed by atoms with van der Waals surface area (Å²) in [7, 11) is 0. The molecule has 0 aliphatic heterocycles. The Morgan fingerprint density at radius 2 is 1.82 bits per heavy atom. The molecule has 1 aromatic carbocycles. The van der Waals surface area contributed by atoms with Crippen molar-refractivity contribution < 1.29 is 20.1 Å². The van der Waals surface area contributed by atoms with E-state index < -0.39 is 18.2 Å². The predicted octanol–water partition coefficient (Wildman–Crippen LogP) is 1.29. The highest BCUT2D eigenvalue weighted by Gasteiger charge is 2.33. The molecule has 1 fully saturated rings. The van der Waals surface area contributed by atoms with Crippen molar-refractivity contribution in [2.75, 3.05) is 0 Å². The zero-order valence-electron chi connectivity index (χ0n) is 9.63. The molecule has 1 aliphatic rings. The monoisotopic (exact) mass is 236 g/mol. The molecule has 0 amide bonds. The maximum Gasteiger partial charge on any atom is 0.335 e. The Labute approximate surface area is 99.5 Å². The maximum absolute atomic E-state index is 11.0. The van der Waals surface area contributed by atoms with Gasteiger partial charge in [0, 0.05) is 0 Å². The fraction of sp³-hybridized carbons (Fsp3) is 0.462. The van der Waals surface area contributed by atoms with Crippen LogP contribution in [-0.4, -0.2) is 33.5 Å². The Morgan fingerprint density at radius 3 is 2.35 bits per heavy atom. The minimum absolute atomic E-state index is 0.0410. The Hall–Kier alpha value is -1.39. The maximum atomic E-state index is 11.0. The molecule has 92 valence electrons. The number of carboxylic acid groups (broad SMARTS) is 1. The van der Waals surface area contributed by atoms with Gasteiger partial charge in [0.1, 0.15) is 0 Å². The molecule has 0 radical (unpaired) electrons. The van der Waals surface area contributed by atoms with Gasteiger partial charge in [-0.05, 0) is 42.9 Å². The van der Waals surface area contributed by atoms with Crippen molar-refractivity contribution in [3.63, 3.8) is 0 Å². The summed E-state index contributed by atoms with van der Waals surface area (Å²) < 4.78 is 0. The number of carboxylic acids is 1. The number of hydrogen-bond acceptors (Lipinski definition) is 3. The van der Waals surface area contributed by atoms with Crippen molar-refractivity contribution in [2.45, 2.75) is 37.9 Å². The third-order valence-electron chi connectivity index (χ3n) is 3.54. The first-order valence-corrected chi connectivity index (χ1v) is 5.69. The van der Waals surface area contributed by atoms with Gasteiger partial charge in [0.2, 0.25) is 0 Å². The van der Waals surface area contributed by atoms with Crippen LogP contribution in [0.25, 0.3) is 0 Å². The summed E-state index contributed by atoms with van der Waals surface area (Å²) >= 11 is 0. The molecular weight excluding hydrogens is 220 g/mol. The summed E-state index contributed by atoms with van der Waals surface area (Å²) in [5, 5.41) is 28.1. The molecule has 0 spiro atoms. The SMILES string of the molecule is Cc1c(C(=O)O)cccc1C1C[C@@H](O)[C@@H](O)C1. The number of aromatic carboxylic acids is 1. The normalized spacial score (nSPS) is 28.3. The second-order valence-electron chi connectivity index (χ2n) is 4.63. The van der Waals surface area contributed by atoms with E-state index in [1.54, 1.807) is 19.1 Å². The van der Waals surface area contributed by atoms with E-state index in [0.29, 0.717) is 18.4 Å². The summed E-state index contributed by atoms with van der Waals surface area (Å²) in [5.41, 5.74) is 1.94. The fourth-order valence-corrected chi connectivity index (χ4v) is 2.57. The van der Waals surface area contributed by atoms with Gasteiger partial charge in [-0.25, -0.2) is 4.79 Å². The zero-order valence-corrected chi connectivity index (χ0v) is 9.63. The first-order chi connectivity index (χ1) is 8.00. The van der Waals surface area contributed by atoms with Crippen LogP contribution in [0.2, 0.25) is 0 Å². The van der Waals surface area contributed by atoms with Crippen LogP contribution in [0.3, 0.4) is 0 Å². The number of aliphatic hydroxyl groups is 2. The Balaban J connectivity index is 2.34. The van der Waals surface area contributed by atoms with E-state index in [1.807, 2.05) is 6.07 Å². The smallest absolute Gasteiger partial charge is 0.335 e. The summed E-state index contributed by atoms with van der Waals surface area (Å²) in [6.45, 7) is 1.77. The molecule has 4 nitrogen and oxygen atoms in total. The first-order valence-electron chi connectivity index (χ1n) is 5.69. The van der Waals surface area contributed by atoms with Crippen molar-refractivity contribution in [1.82, 2.24) is 0 Å². The molecule has 1 aliphatic carbocycles. The summed E-state index contributed by atoms with van der Waals surface area (Å²) in [6, 6.07) is 5.16. The van der Waals surface area contributed by atoms with E-state index in [9.17, 15) is 15.0 Å². The molecule has 17 heavy (non-hydrogen) atoms. The van der Waals surface area contributed by atoms with Gasteiger partial charge >= 0.3 is 5.97 Å². The average Bonchev–Trinajstić information content (AvgIpc) is 2.59. The number of benzene rings is 1. The number of hydrogen-bond donors (Lipinski definition) is 3. The lowest BCUT2D eigenvalue weighted by Crippen LogP contribution is -2.17. The molecule has 1 saturated carbocycles. The highest BCUT2D eigenvalue weighted by Crippen LogP contribution is 2.36. The van der Waals surface area contributed by atoms with E-state index in [4.69, 9.17) is 5.11 Å². The van der Waals surface area contributed by atoms with Crippen molar-refractivity contribution in [2.24, 2.45) is 0 Å². The molecule has 0 saturated heterocycles. The Kier molecular flexibility index (Phi) is 3.17. The van der Waals surface area contributed by atoms with Gasteiger partial charge in [0.15, 0.2) is 0 Å². The molecule has 3 atom stereocenters. The highest BCUT2D eigenvalue weighted by molar-refractivity contribution is 5.89. The van der Waals surface area contributed by atoms with Gasteiger partial charge in [0.25, 0.3) is 0 Å². The van der Waals surface area contributed by atoms with Crippen molar-refractivity contribution >= 4 is 5.97 Å². The van der Waals surface area contributed by atoms with Gasteiger partial charge in [-0.2, -0.15) is 0 Å². The van der Waals surface area contributed by atoms with Crippen LogP contribution in [0, 0.1) is 6.92 Å².